The highest BCUT2D eigenvalue weighted by molar-refractivity contribution is 14.0. The summed E-state index contributed by atoms with van der Waals surface area (Å²) in [6, 6.07) is 7.79. The molecule has 1 unspecified atom stereocenters. The van der Waals surface area contributed by atoms with E-state index in [-0.39, 0.29) is 24.0 Å². The molecule has 0 aliphatic carbocycles. The third-order valence-electron chi connectivity index (χ3n) is 3.12. The highest BCUT2D eigenvalue weighted by Crippen LogP contribution is 2.10. The number of hydrogen-bond donors (Lipinski definition) is 2. The van der Waals surface area contributed by atoms with Gasteiger partial charge in [0.1, 0.15) is 0 Å². The van der Waals surface area contributed by atoms with Gasteiger partial charge in [0.05, 0.1) is 6.10 Å². The van der Waals surface area contributed by atoms with Gasteiger partial charge in [0.15, 0.2) is 5.96 Å². The van der Waals surface area contributed by atoms with Crippen LogP contribution in [0.5, 0.6) is 0 Å². The van der Waals surface area contributed by atoms with Crippen molar-refractivity contribution in [3.8, 4) is 0 Å². The van der Waals surface area contributed by atoms with Gasteiger partial charge in [-0.2, -0.15) is 0 Å². The SMILES string of the molecule is CN=C(NCc1ccc(Cl)cc1)NCC1CCCO1.I. The van der Waals surface area contributed by atoms with Crippen LogP contribution in [0.15, 0.2) is 29.3 Å². The monoisotopic (exact) mass is 409 g/mol. The van der Waals surface area contributed by atoms with Crippen molar-refractivity contribution in [1.29, 1.82) is 0 Å². The van der Waals surface area contributed by atoms with Crippen molar-refractivity contribution in [2.24, 2.45) is 4.99 Å². The summed E-state index contributed by atoms with van der Waals surface area (Å²) >= 11 is 5.85. The summed E-state index contributed by atoms with van der Waals surface area (Å²) in [5.41, 5.74) is 1.17. The molecule has 1 saturated heterocycles. The Kier molecular flexibility index (Phi) is 8.25. The molecule has 1 fully saturated rings. The summed E-state index contributed by atoms with van der Waals surface area (Å²) in [7, 11) is 1.77. The summed E-state index contributed by atoms with van der Waals surface area (Å²) in [5, 5.41) is 7.30. The first-order chi connectivity index (χ1) is 9.28. The molecule has 0 bridgehead atoms. The zero-order valence-electron chi connectivity index (χ0n) is 11.6. The number of rotatable bonds is 4. The van der Waals surface area contributed by atoms with E-state index in [9.17, 15) is 0 Å². The molecule has 0 spiro atoms. The molecule has 0 radical (unpaired) electrons. The highest BCUT2D eigenvalue weighted by Gasteiger charge is 2.15. The van der Waals surface area contributed by atoms with E-state index < -0.39 is 0 Å². The van der Waals surface area contributed by atoms with Gasteiger partial charge in [0.2, 0.25) is 0 Å². The van der Waals surface area contributed by atoms with Gasteiger partial charge in [-0.05, 0) is 30.5 Å². The Balaban J connectivity index is 0.00000200. The average molecular weight is 410 g/mol. The van der Waals surface area contributed by atoms with E-state index in [2.05, 4.69) is 15.6 Å². The maximum absolute atomic E-state index is 5.85. The van der Waals surface area contributed by atoms with E-state index in [1.165, 1.54) is 5.56 Å². The summed E-state index contributed by atoms with van der Waals surface area (Å²) in [4.78, 5) is 4.19. The van der Waals surface area contributed by atoms with Crippen LogP contribution in [-0.4, -0.2) is 32.3 Å². The second-order valence-electron chi connectivity index (χ2n) is 4.57. The van der Waals surface area contributed by atoms with E-state index in [0.29, 0.717) is 6.10 Å². The molecule has 2 rings (SSSR count). The number of halogens is 2. The zero-order valence-corrected chi connectivity index (χ0v) is 14.7. The largest absolute Gasteiger partial charge is 0.376 e. The van der Waals surface area contributed by atoms with Crippen molar-refractivity contribution in [3.05, 3.63) is 34.9 Å². The lowest BCUT2D eigenvalue weighted by atomic mass is 10.2. The van der Waals surface area contributed by atoms with Crippen LogP contribution >= 0.6 is 35.6 Å². The molecule has 1 aliphatic heterocycles. The summed E-state index contributed by atoms with van der Waals surface area (Å²) in [6.45, 7) is 2.41. The fourth-order valence-corrected chi connectivity index (χ4v) is 2.15. The third-order valence-corrected chi connectivity index (χ3v) is 3.37. The Hall–Kier alpha value is -0.530. The van der Waals surface area contributed by atoms with Crippen LogP contribution in [0.4, 0.5) is 0 Å². The third kappa shape index (κ3) is 5.85. The molecule has 0 aromatic heterocycles. The lowest BCUT2D eigenvalue weighted by Gasteiger charge is -2.15. The lowest BCUT2D eigenvalue weighted by Crippen LogP contribution is -2.40. The molecule has 1 atom stereocenters. The molecule has 1 aromatic carbocycles. The highest BCUT2D eigenvalue weighted by atomic mass is 127. The van der Waals surface area contributed by atoms with E-state index in [0.717, 1.165) is 43.5 Å². The number of aliphatic imine (C=N–C) groups is 1. The van der Waals surface area contributed by atoms with Gasteiger partial charge in [-0.25, -0.2) is 0 Å². The smallest absolute Gasteiger partial charge is 0.191 e. The lowest BCUT2D eigenvalue weighted by molar-refractivity contribution is 0.114. The van der Waals surface area contributed by atoms with Crippen LogP contribution in [0.1, 0.15) is 18.4 Å². The Morgan fingerprint density at radius 3 is 2.70 bits per heavy atom. The van der Waals surface area contributed by atoms with E-state index in [1.54, 1.807) is 7.05 Å². The maximum Gasteiger partial charge on any atom is 0.191 e. The summed E-state index contributed by atoms with van der Waals surface area (Å²) in [6.07, 6.45) is 2.60. The van der Waals surface area contributed by atoms with Crippen LogP contribution in [0.3, 0.4) is 0 Å². The van der Waals surface area contributed by atoms with Crippen LogP contribution in [0.2, 0.25) is 5.02 Å². The van der Waals surface area contributed by atoms with Crippen LogP contribution in [-0.2, 0) is 11.3 Å². The van der Waals surface area contributed by atoms with Crippen molar-refractivity contribution >= 4 is 41.5 Å². The van der Waals surface area contributed by atoms with Gasteiger partial charge in [-0.15, -0.1) is 24.0 Å². The number of hydrogen-bond acceptors (Lipinski definition) is 2. The number of ether oxygens (including phenoxy) is 1. The van der Waals surface area contributed by atoms with Gasteiger partial charge in [-0.1, -0.05) is 23.7 Å². The molecular formula is C14H21ClIN3O. The Bertz CT molecular complexity index is 419. The number of benzene rings is 1. The fraction of sp³-hybridized carbons (Fsp3) is 0.500. The van der Waals surface area contributed by atoms with E-state index in [1.807, 2.05) is 24.3 Å². The second kappa shape index (κ2) is 9.41. The summed E-state index contributed by atoms with van der Waals surface area (Å²) < 4.78 is 5.56. The number of guanidine groups is 1. The molecule has 1 heterocycles. The molecule has 1 aliphatic rings. The minimum absolute atomic E-state index is 0. The first-order valence-electron chi connectivity index (χ1n) is 6.58. The second-order valence-corrected chi connectivity index (χ2v) is 5.00. The molecule has 1 aromatic rings. The van der Waals surface area contributed by atoms with E-state index >= 15 is 0 Å². The molecule has 2 N–H and O–H groups in total. The Labute approximate surface area is 142 Å². The van der Waals surface area contributed by atoms with Crippen molar-refractivity contribution in [1.82, 2.24) is 10.6 Å². The van der Waals surface area contributed by atoms with Crippen LogP contribution in [0, 0.1) is 0 Å². The molecule has 4 nitrogen and oxygen atoms in total. The first kappa shape index (κ1) is 17.5. The zero-order chi connectivity index (χ0) is 13.5. The topological polar surface area (TPSA) is 45.7 Å². The van der Waals surface area contributed by atoms with Gasteiger partial charge < -0.3 is 15.4 Å². The van der Waals surface area contributed by atoms with Gasteiger partial charge >= 0.3 is 0 Å². The molecule has 6 heteroatoms. The summed E-state index contributed by atoms with van der Waals surface area (Å²) in [5.74, 6) is 0.797. The normalized spacial score (nSPS) is 18.5. The quantitative estimate of drug-likeness (QED) is 0.457. The van der Waals surface area contributed by atoms with Crippen LogP contribution < -0.4 is 10.6 Å². The van der Waals surface area contributed by atoms with Gasteiger partial charge in [0, 0.05) is 31.8 Å². The molecular weight excluding hydrogens is 389 g/mol. The predicted octanol–water partition coefficient (Wildman–Crippen LogP) is 2.80. The Morgan fingerprint density at radius 2 is 2.10 bits per heavy atom. The van der Waals surface area contributed by atoms with Crippen molar-refractivity contribution < 1.29 is 4.74 Å². The minimum atomic E-state index is 0. The standard InChI is InChI=1S/C14H20ClN3O.HI/c1-16-14(18-10-13-3-2-8-19-13)17-9-11-4-6-12(15)7-5-11;/h4-7,13H,2-3,8-10H2,1H3,(H2,16,17,18);1H. The van der Waals surface area contributed by atoms with E-state index in [4.69, 9.17) is 16.3 Å². The van der Waals surface area contributed by atoms with Crippen molar-refractivity contribution in [2.75, 3.05) is 20.2 Å². The average Bonchev–Trinajstić information content (AvgIpc) is 2.94. The predicted molar refractivity (Wildman–Crippen MR) is 94.0 cm³/mol. The molecule has 20 heavy (non-hydrogen) atoms. The van der Waals surface area contributed by atoms with Crippen LogP contribution in [0.25, 0.3) is 0 Å². The number of nitrogens with zero attached hydrogens (tertiary/aromatic N) is 1. The van der Waals surface area contributed by atoms with Crippen molar-refractivity contribution in [2.45, 2.75) is 25.5 Å². The van der Waals surface area contributed by atoms with Crippen molar-refractivity contribution in [3.63, 3.8) is 0 Å². The van der Waals surface area contributed by atoms with Gasteiger partial charge in [0.25, 0.3) is 0 Å². The first-order valence-corrected chi connectivity index (χ1v) is 6.96. The fourth-order valence-electron chi connectivity index (χ4n) is 2.02. The Morgan fingerprint density at radius 1 is 1.35 bits per heavy atom. The number of nitrogens with one attached hydrogen (secondary N) is 2. The molecule has 0 amide bonds. The van der Waals surface area contributed by atoms with Gasteiger partial charge in [-0.3, -0.25) is 4.99 Å². The molecule has 0 saturated carbocycles. The maximum atomic E-state index is 5.85. The molecule has 112 valence electrons. The minimum Gasteiger partial charge on any atom is -0.376 e.